The predicted octanol–water partition coefficient (Wildman–Crippen LogP) is 1.19. The second-order valence-electron chi connectivity index (χ2n) is 6.96. The molecule has 0 radical (unpaired) electrons. The fourth-order valence-corrected chi connectivity index (χ4v) is 3.87. The third-order valence-corrected chi connectivity index (χ3v) is 5.49. The van der Waals surface area contributed by atoms with Gasteiger partial charge in [-0.3, -0.25) is 9.59 Å². The molecule has 25 heavy (non-hydrogen) atoms. The second kappa shape index (κ2) is 7.04. The van der Waals surface area contributed by atoms with Gasteiger partial charge in [0.25, 0.3) is 0 Å². The average molecular weight is 346 g/mol. The maximum atomic E-state index is 13.2. The highest BCUT2D eigenvalue weighted by atomic mass is 16.5. The van der Waals surface area contributed by atoms with Crippen molar-refractivity contribution in [3.63, 3.8) is 0 Å². The molecule has 1 saturated heterocycles. The summed E-state index contributed by atoms with van der Waals surface area (Å²) < 4.78 is 10.5. The Morgan fingerprint density at radius 1 is 1.20 bits per heavy atom. The van der Waals surface area contributed by atoms with Gasteiger partial charge in [-0.15, -0.1) is 0 Å². The van der Waals surface area contributed by atoms with Crippen LogP contribution < -0.4 is 10.1 Å². The molecule has 6 heteroatoms. The van der Waals surface area contributed by atoms with Gasteiger partial charge >= 0.3 is 0 Å². The van der Waals surface area contributed by atoms with Crippen LogP contribution in [0.15, 0.2) is 24.3 Å². The Labute approximate surface area is 148 Å². The Balaban J connectivity index is 1.77. The highest BCUT2D eigenvalue weighted by molar-refractivity contribution is 5.92. The van der Waals surface area contributed by atoms with E-state index in [4.69, 9.17) is 9.47 Å². The maximum absolute atomic E-state index is 13.2. The van der Waals surface area contributed by atoms with Gasteiger partial charge in [-0.25, -0.2) is 0 Å². The van der Waals surface area contributed by atoms with Gasteiger partial charge in [-0.2, -0.15) is 0 Å². The molecule has 6 nitrogen and oxygen atoms in total. The van der Waals surface area contributed by atoms with E-state index in [0.717, 1.165) is 24.2 Å². The first-order valence-electron chi connectivity index (χ1n) is 8.70. The van der Waals surface area contributed by atoms with E-state index in [0.29, 0.717) is 19.7 Å². The Hall–Kier alpha value is -2.08. The first-order valence-corrected chi connectivity index (χ1v) is 8.70. The van der Waals surface area contributed by atoms with Crippen LogP contribution in [0.4, 0.5) is 0 Å². The van der Waals surface area contributed by atoms with E-state index in [1.807, 2.05) is 29.2 Å². The summed E-state index contributed by atoms with van der Waals surface area (Å²) in [7, 11) is 4.90. The molecule has 1 heterocycles. The van der Waals surface area contributed by atoms with Gasteiger partial charge in [0.15, 0.2) is 0 Å². The SMILES string of the molecule is CNC(=O)[C@@H]1CN(C(=O)C2(c3ccc(OC)cc3)CC2)C[C@H]1COC. The van der Waals surface area contributed by atoms with Crippen molar-refractivity contribution in [1.82, 2.24) is 10.2 Å². The lowest BCUT2D eigenvalue weighted by molar-refractivity contribution is -0.133. The van der Waals surface area contributed by atoms with Gasteiger partial charge in [-0.05, 0) is 30.5 Å². The number of benzene rings is 1. The summed E-state index contributed by atoms with van der Waals surface area (Å²) >= 11 is 0. The fourth-order valence-electron chi connectivity index (χ4n) is 3.87. The van der Waals surface area contributed by atoms with Crippen molar-refractivity contribution in [2.75, 3.05) is 41.0 Å². The first-order chi connectivity index (χ1) is 12.1. The highest BCUT2D eigenvalue weighted by Crippen LogP contribution is 2.50. The lowest BCUT2D eigenvalue weighted by Crippen LogP contribution is -2.39. The lowest BCUT2D eigenvalue weighted by atomic mass is 9.94. The maximum Gasteiger partial charge on any atom is 0.233 e. The second-order valence-corrected chi connectivity index (χ2v) is 6.96. The molecule has 1 aromatic carbocycles. The zero-order valence-corrected chi connectivity index (χ0v) is 15.1. The van der Waals surface area contributed by atoms with Crippen molar-refractivity contribution >= 4 is 11.8 Å². The molecule has 1 aliphatic heterocycles. The van der Waals surface area contributed by atoms with Crippen LogP contribution in [0.25, 0.3) is 0 Å². The van der Waals surface area contributed by atoms with Gasteiger partial charge < -0.3 is 19.7 Å². The smallest absolute Gasteiger partial charge is 0.233 e. The van der Waals surface area contributed by atoms with E-state index >= 15 is 0 Å². The van der Waals surface area contributed by atoms with Crippen molar-refractivity contribution in [2.24, 2.45) is 11.8 Å². The highest BCUT2D eigenvalue weighted by Gasteiger charge is 2.55. The quantitative estimate of drug-likeness (QED) is 0.840. The monoisotopic (exact) mass is 346 g/mol. The summed E-state index contributed by atoms with van der Waals surface area (Å²) in [5, 5.41) is 2.71. The van der Waals surface area contributed by atoms with Gasteiger partial charge in [0.1, 0.15) is 5.75 Å². The molecule has 2 aliphatic rings. The van der Waals surface area contributed by atoms with Crippen molar-refractivity contribution < 1.29 is 19.1 Å². The molecule has 0 unspecified atom stereocenters. The van der Waals surface area contributed by atoms with Gasteiger partial charge in [0.2, 0.25) is 11.8 Å². The summed E-state index contributed by atoms with van der Waals surface area (Å²) in [5.41, 5.74) is 0.603. The van der Waals surface area contributed by atoms with Gasteiger partial charge in [0, 0.05) is 33.2 Å². The zero-order chi connectivity index (χ0) is 18.0. The standard InChI is InChI=1S/C19H26N2O4/c1-20-17(22)16-11-21(10-13(16)12-24-2)18(23)19(8-9-19)14-4-6-15(25-3)7-5-14/h4-7,13,16H,8-12H2,1-3H3,(H,20,22)/t13-,16+/m0/s1. The molecule has 3 rings (SSSR count). The number of nitrogens with one attached hydrogen (secondary N) is 1. The Morgan fingerprint density at radius 3 is 2.40 bits per heavy atom. The third-order valence-electron chi connectivity index (χ3n) is 5.49. The van der Waals surface area contributed by atoms with Crippen LogP contribution in [0.1, 0.15) is 18.4 Å². The average Bonchev–Trinajstić information content (AvgIpc) is 3.35. The summed E-state index contributed by atoms with van der Waals surface area (Å²) in [4.78, 5) is 27.2. The molecule has 2 amide bonds. The predicted molar refractivity (Wildman–Crippen MR) is 93.4 cm³/mol. The number of amides is 2. The van der Waals surface area contributed by atoms with Crippen molar-refractivity contribution in [1.29, 1.82) is 0 Å². The summed E-state index contributed by atoms with van der Waals surface area (Å²) in [6.07, 6.45) is 1.71. The zero-order valence-electron chi connectivity index (χ0n) is 15.1. The minimum Gasteiger partial charge on any atom is -0.497 e. The minimum absolute atomic E-state index is 0.0216. The Morgan fingerprint density at radius 2 is 1.88 bits per heavy atom. The number of rotatable bonds is 6. The first kappa shape index (κ1) is 17.7. The Kier molecular flexibility index (Phi) is 4.99. The number of ether oxygens (including phenoxy) is 2. The number of hydrogen-bond donors (Lipinski definition) is 1. The van der Waals surface area contributed by atoms with E-state index in [2.05, 4.69) is 5.32 Å². The van der Waals surface area contributed by atoms with E-state index in [9.17, 15) is 9.59 Å². The number of likely N-dealkylation sites (tertiary alicyclic amines) is 1. The molecule has 2 atom stereocenters. The van der Waals surface area contributed by atoms with Crippen LogP contribution in [-0.4, -0.2) is 57.7 Å². The van der Waals surface area contributed by atoms with Gasteiger partial charge in [0.05, 0.1) is 25.0 Å². The number of methoxy groups -OCH3 is 2. The summed E-state index contributed by atoms with van der Waals surface area (Å²) in [6.45, 7) is 1.52. The molecule has 1 saturated carbocycles. The topological polar surface area (TPSA) is 67.9 Å². The van der Waals surface area contributed by atoms with Crippen LogP contribution in [0.2, 0.25) is 0 Å². The van der Waals surface area contributed by atoms with E-state index in [1.165, 1.54) is 0 Å². The van der Waals surface area contributed by atoms with Gasteiger partial charge in [-0.1, -0.05) is 12.1 Å². The summed E-state index contributed by atoms with van der Waals surface area (Å²) in [6, 6.07) is 7.74. The number of nitrogens with zero attached hydrogens (tertiary/aromatic N) is 1. The third kappa shape index (κ3) is 3.23. The number of carbonyl (C=O) groups excluding carboxylic acids is 2. The largest absolute Gasteiger partial charge is 0.497 e. The van der Waals surface area contributed by atoms with Crippen LogP contribution in [0, 0.1) is 11.8 Å². The fraction of sp³-hybridized carbons (Fsp3) is 0.579. The molecule has 1 aliphatic carbocycles. The van der Waals surface area contributed by atoms with Crippen molar-refractivity contribution in [2.45, 2.75) is 18.3 Å². The summed E-state index contributed by atoms with van der Waals surface area (Å²) in [5.74, 6) is 0.728. The minimum atomic E-state index is -0.429. The van der Waals surface area contributed by atoms with E-state index in [-0.39, 0.29) is 23.7 Å². The molecule has 0 bridgehead atoms. The molecule has 0 aromatic heterocycles. The van der Waals surface area contributed by atoms with Crippen LogP contribution in [-0.2, 0) is 19.7 Å². The molecule has 1 N–H and O–H groups in total. The van der Waals surface area contributed by atoms with E-state index < -0.39 is 5.41 Å². The van der Waals surface area contributed by atoms with Crippen LogP contribution >= 0.6 is 0 Å². The molecule has 1 aromatic rings. The normalized spacial score (nSPS) is 24.0. The molecular weight excluding hydrogens is 320 g/mol. The molecule has 136 valence electrons. The lowest BCUT2D eigenvalue weighted by Gasteiger charge is -2.24. The van der Waals surface area contributed by atoms with Crippen molar-refractivity contribution in [3.8, 4) is 5.75 Å². The van der Waals surface area contributed by atoms with Crippen LogP contribution in [0.5, 0.6) is 5.75 Å². The van der Waals surface area contributed by atoms with Crippen molar-refractivity contribution in [3.05, 3.63) is 29.8 Å². The van der Waals surface area contributed by atoms with E-state index in [1.54, 1.807) is 21.3 Å². The molecule has 2 fully saturated rings. The van der Waals surface area contributed by atoms with Crippen LogP contribution in [0.3, 0.4) is 0 Å². The number of carbonyl (C=O) groups is 2. The molecular formula is C19H26N2O4. The Bertz CT molecular complexity index is 639. The number of hydrogen-bond acceptors (Lipinski definition) is 4. The molecule has 0 spiro atoms.